The predicted octanol–water partition coefficient (Wildman–Crippen LogP) is 0.211. The van der Waals surface area contributed by atoms with E-state index in [9.17, 15) is 4.79 Å². The van der Waals surface area contributed by atoms with Gasteiger partial charge in [-0.3, -0.25) is 9.69 Å². The van der Waals surface area contributed by atoms with Crippen LogP contribution >= 0.6 is 0 Å². The van der Waals surface area contributed by atoms with Crippen LogP contribution < -0.4 is 10.6 Å². The zero-order chi connectivity index (χ0) is 13.6. The van der Waals surface area contributed by atoms with Gasteiger partial charge in [0.2, 0.25) is 5.91 Å². The lowest BCUT2D eigenvalue weighted by molar-refractivity contribution is -0.121. The summed E-state index contributed by atoms with van der Waals surface area (Å²) in [5, 5.41) is 6.08. The Hall–Kier alpha value is -0.650. The van der Waals surface area contributed by atoms with Crippen LogP contribution in [-0.2, 0) is 9.53 Å². The molecule has 1 heterocycles. The van der Waals surface area contributed by atoms with Gasteiger partial charge in [-0.05, 0) is 27.3 Å². The summed E-state index contributed by atoms with van der Waals surface area (Å²) in [6.07, 6.45) is 0.122. The van der Waals surface area contributed by atoms with Crippen LogP contribution in [0.1, 0.15) is 27.7 Å². The maximum absolute atomic E-state index is 11.6. The Morgan fingerprint density at radius 2 is 2.17 bits per heavy atom. The Morgan fingerprint density at radius 1 is 1.44 bits per heavy atom. The smallest absolute Gasteiger partial charge is 0.234 e. The Morgan fingerprint density at radius 3 is 2.78 bits per heavy atom. The highest BCUT2D eigenvalue weighted by Gasteiger charge is 2.20. The number of ether oxygens (including phenoxy) is 1. The second kappa shape index (κ2) is 7.07. The number of morpholine rings is 1. The molecule has 18 heavy (non-hydrogen) atoms. The molecule has 1 rings (SSSR count). The molecule has 1 fully saturated rings. The van der Waals surface area contributed by atoms with Gasteiger partial charge in [-0.1, -0.05) is 6.92 Å². The number of amides is 1. The minimum absolute atomic E-state index is 0.0298. The van der Waals surface area contributed by atoms with Gasteiger partial charge in [0, 0.05) is 25.2 Å². The molecule has 0 saturated carbocycles. The summed E-state index contributed by atoms with van der Waals surface area (Å²) in [5.41, 5.74) is -0.0301. The molecule has 0 radical (unpaired) electrons. The number of nitrogens with zero attached hydrogens (tertiary/aromatic N) is 1. The third-order valence-corrected chi connectivity index (χ3v) is 2.98. The molecule has 1 amide bonds. The first-order valence-corrected chi connectivity index (χ1v) is 6.76. The average Bonchev–Trinajstić information content (AvgIpc) is 2.33. The van der Waals surface area contributed by atoms with E-state index >= 15 is 0 Å². The lowest BCUT2D eigenvalue weighted by atomic mass is 10.1. The van der Waals surface area contributed by atoms with E-state index in [0.717, 1.165) is 26.2 Å². The fourth-order valence-corrected chi connectivity index (χ4v) is 1.83. The molecule has 1 atom stereocenters. The number of carbonyl (C=O) groups excluding carboxylic acids is 1. The van der Waals surface area contributed by atoms with Gasteiger partial charge in [0.25, 0.3) is 0 Å². The predicted molar refractivity (Wildman–Crippen MR) is 72.6 cm³/mol. The van der Waals surface area contributed by atoms with Gasteiger partial charge >= 0.3 is 0 Å². The number of hydrogen-bond acceptors (Lipinski definition) is 4. The molecule has 106 valence electrons. The van der Waals surface area contributed by atoms with E-state index in [1.54, 1.807) is 0 Å². The molecule has 0 aliphatic carbocycles. The zero-order valence-electron chi connectivity index (χ0n) is 12.1. The minimum atomic E-state index is -0.0301. The van der Waals surface area contributed by atoms with Crippen molar-refractivity contribution in [3.05, 3.63) is 0 Å². The fraction of sp³-hybridized carbons (Fsp3) is 0.923. The molecular formula is C13H27N3O2. The number of hydrogen-bond donors (Lipinski definition) is 2. The summed E-state index contributed by atoms with van der Waals surface area (Å²) in [6.45, 7) is 12.9. The topological polar surface area (TPSA) is 53.6 Å². The van der Waals surface area contributed by atoms with Crippen LogP contribution in [0.2, 0.25) is 0 Å². The maximum Gasteiger partial charge on any atom is 0.234 e. The summed E-state index contributed by atoms with van der Waals surface area (Å²) < 4.78 is 5.63. The van der Waals surface area contributed by atoms with Crippen molar-refractivity contribution in [2.45, 2.75) is 39.3 Å². The summed E-state index contributed by atoms with van der Waals surface area (Å²) in [6, 6.07) is 0. The van der Waals surface area contributed by atoms with Gasteiger partial charge < -0.3 is 15.4 Å². The molecule has 0 aromatic heterocycles. The van der Waals surface area contributed by atoms with Crippen LogP contribution in [0, 0.1) is 0 Å². The van der Waals surface area contributed by atoms with Gasteiger partial charge in [-0.25, -0.2) is 0 Å². The Kier molecular flexibility index (Phi) is 6.05. The van der Waals surface area contributed by atoms with E-state index < -0.39 is 0 Å². The quantitative estimate of drug-likeness (QED) is 0.739. The molecular weight excluding hydrogens is 230 g/mol. The molecule has 5 nitrogen and oxygen atoms in total. The molecule has 0 bridgehead atoms. The van der Waals surface area contributed by atoms with Gasteiger partial charge in [0.15, 0.2) is 0 Å². The van der Waals surface area contributed by atoms with E-state index in [4.69, 9.17) is 4.74 Å². The molecule has 1 aliphatic rings. The molecule has 1 unspecified atom stereocenters. The van der Waals surface area contributed by atoms with E-state index in [0.29, 0.717) is 13.1 Å². The van der Waals surface area contributed by atoms with E-state index in [1.807, 2.05) is 20.8 Å². The van der Waals surface area contributed by atoms with Gasteiger partial charge in [0.1, 0.15) is 0 Å². The highest BCUT2D eigenvalue weighted by molar-refractivity contribution is 5.78. The van der Waals surface area contributed by atoms with Crippen molar-refractivity contribution in [1.29, 1.82) is 0 Å². The monoisotopic (exact) mass is 257 g/mol. The van der Waals surface area contributed by atoms with Crippen LogP contribution in [0.3, 0.4) is 0 Å². The molecule has 5 heteroatoms. The normalized spacial score (nSPS) is 21.9. The molecule has 2 N–H and O–H groups in total. The second-order valence-corrected chi connectivity index (χ2v) is 5.79. The zero-order valence-corrected chi connectivity index (χ0v) is 12.1. The van der Waals surface area contributed by atoms with Gasteiger partial charge in [-0.2, -0.15) is 0 Å². The first kappa shape index (κ1) is 15.4. The summed E-state index contributed by atoms with van der Waals surface area (Å²) in [7, 11) is 0. The highest BCUT2D eigenvalue weighted by Crippen LogP contribution is 2.03. The van der Waals surface area contributed by atoms with Crippen molar-refractivity contribution < 1.29 is 9.53 Å². The largest absolute Gasteiger partial charge is 0.374 e. The third kappa shape index (κ3) is 6.33. The molecule has 1 aliphatic heterocycles. The number of rotatable bonds is 5. The van der Waals surface area contributed by atoms with Crippen molar-refractivity contribution in [1.82, 2.24) is 15.5 Å². The molecule has 0 aromatic rings. The van der Waals surface area contributed by atoms with Crippen molar-refractivity contribution in [2.24, 2.45) is 0 Å². The summed E-state index contributed by atoms with van der Waals surface area (Å²) in [4.78, 5) is 14.0. The van der Waals surface area contributed by atoms with Crippen LogP contribution in [0.5, 0.6) is 0 Å². The molecule has 1 saturated heterocycles. The average molecular weight is 257 g/mol. The summed E-state index contributed by atoms with van der Waals surface area (Å²) in [5.74, 6) is 0.0298. The van der Waals surface area contributed by atoms with Crippen LogP contribution in [0.15, 0.2) is 0 Å². The first-order chi connectivity index (χ1) is 8.40. The third-order valence-electron chi connectivity index (χ3n) is 2.98. The maximum atomic E-state index is 11.6. The first-order valence-electron chi connectivity index (χ1n) is 6.76. The Balaban J connectivity index is 2.18. The summed E-state index contributed by atoms with van der Waals surface area (Å²) >= 11 is 0. The molecule has 0 spiro atoms. The van der Waals surface area contributed by atoms with Crippen LogP contribution in [-0.4, -0.2) is 61.8 Å². The van der Waals surface area contributed by atoms with E-state index in [2.05, 4.69) is 22.5 Å². The van der Waals surface area contributed by atoms with Crippen molar-refractivity contribution in [2.75, 3.05) is 39.3 Å². The van der Waals surface area contributed by atoms with E-state index in [-0.39, 0.29) is 17.6 Å². The van der Waals surface area contributed by atoms with Crippen LogP contribution in [0.25, 0.3) is 0 Å². The fourth-order valence-electron chi connectivity index (χ4n) is 1.83. The number of likely N-dealkylation sites (N-methyl/N-ethyl adjacent to an activating group) is 1. The standard InChI is InChI=1S/C13H27N3O2/c1-5-16-6-7-18-11(10-16)8-14-12(17)9-15-13(2,3)4/h11,15H,5-10H2,1-4H3,(H,14,17). The number of nitrogens with one attached hydrogen (secondary N) is 2. The van der Waals surface area contributed by atoms with Crippen molar-refractivity contribution >= 4 is 5.91 Å². The minimum Gasteiger partial charge on any atom is -0.374 e. The van der Waals surface area contributed by atoms with Crippen LogP contribution in [0.4, 0.5) is 0 Å². The van der Waals surface area contributed by atoms with E-state index in [1.165, 1.54) is 0 Å². The van der Waals surface area contributed by atoms with Gasteiger partial charge in [0.05, 0.1) is 19.3 Å². The lowest BCUT2D eigenvalue weighted by Crippen LogP contribution is -2.49. The highest BCUT2D eigenvalue weighted by atomic mass is 16.5. The lowest BCUT2D eigenvalue weighted by Gasteiger charge is -2.32. The van der Waals surface area contributed by atoms with Crippen molar-refractivity contribution in [3.63, 3.8) is 0 Å². The molecule has 0 aromatic carbocycles. The Bertz CT molecular complexity index is 263. The SMILES string of the molecule is CCN1CCOC(CNC(=O)CNC(C)(C)C)C1. The number of carbonyl (C=O) groups is 1. The Labute approximate surface area is 110 Å². The van der Waals surface area contributed by atoms with Crippen molar-refractivity contribution in [3.8, 4) is 0 Å². The van der Waals surface area contributed by atoms with Gasteiger partial charge in [-0.15, -0.1) is 0 Å². The second-order valence-electron chi connectivity index (χ2n) is 5.79.